The number of hydrogen-bond acceptors (Lipinski definition) is 4. The van der Waals surface area contributed by atoms with E-state index in [0.717, 1.165) is 32.8 Å². The van der Waals surface area contributed by atoms with Crippen molar-refractivity contribution in [3.8, 4) is 6.07 Å². The maximum atomic E-state index is 11.9. The van der Waals surface area contributed by atoms with E-state index in [2.05, 4.69) is 16.3 Å². The normalized spacial score (nSPS) is 20.2. The fourth-order valence-electron chi connectivity index (χ4n) is 2.06. The van der Waals surface area contributed by atoms with Crippen molar-refractivity contribution in [3.63, 3.8) is 0 Å². The Balaban J connectivity index is 2.36. The van der Waals surface area contributed by atoms with Crippen LogP contribution in [0.25, 0.3) is 0 Å². The lowest BCUT2D eigenvalue weighted by Gasteiger charge is -2.29. The molecule has 1 fully saturated rings. The molecule has 18 heavy (non-hydrogen) atoms. The van der Waals surface area contributed by atoms with E-state index in [4.69, 9.17) is 10.00 Å². The quantitative estimate of drug-likeness (QED) is 0.780. The molecule has 1 heterocycles. The molecule has 5 heteroatoms. The zero-order valence-electron chi connectivity index (χ0n) is 11.5. The number of rotatable bonds is 5. The van der Waals surface area contributed by atoms with Gasteiger partial charge in [0.25, 0.3) is 0 Å². The molecule has 0 aromatic heterocycles. The van der Waals surface area contributed by atoms with Crippen molar-refractivity contribution < 1.29 is 9.53 Å². The summed E-state index contributed by atoms with van der Waals surface area (Å²) >= 11 is 0. The number of ether oxygens (including phenoxy) is 1. The number of amides is 1. The van der Waals surface area contributed by atoms with Gasteiger partial charge in [0.2, 0.25) is 5.91 Å². The number of nitrogens with one attached hydrogen (secondary N) is 1. The van der Waals surface area contributed by atoms with Crippen LogP contribution >= 0.6 is 0 Å². The Morgan fingerprint density at radius 2 is 2.00 bits per heavy atom. The van der Waals surface area contributed by atoms with Crippen LogP contribution in [0.5, 0.6) is 0 Å². The summed E-state index contributed by atoms with van der Waals surface area (Å²) in [6.45, 7) is 9.90. The van der Waals surface area contributed by atoms with E-state index in [1.165, 1.54) is 0 Å². The average Bonchev–Trinajstić information content (AvgIpc) is 2.30. The van der Waals surface area contributed by atoms with Gasteiger partial charge >= 0.3 is 0 Å². The lowest BCUT2D eigenvalue weighted by atomic mass is 9.96. The van der Waals surface area contributed by atoms with E-state index in [-0.39, 0.29) is 17.9 Å². The second kappa shape index (κ2) is 7.34. The molecule has 0 bridgehead atoms. The fourth-order valence-corrected chi connectivity index (χ4v) is 2.06. The lowest BCUT2D eigenvalue weighted by Crippen LogP contribution is -2.47. The third-order valence-electron chi connectivity index (χ3n) is 3.11. The highest BCUT2D eigenvalue weighted by molar-refractivity contribution is 5.81. The monoisotopic (exact) mass is 253 g/mol. The van der Waals surface area contributed by atoms with Crippen molar-refractivity contribution in [3.05, 3.63) is 0 Å². The molecular formula is C13H23N3O2. The summed E-state index contributed by atoms with van der Waals surface area (Å²) in [7, 11) is 0. The zero-order chi connectivity index (χ0) is 13.5. The molecule has 1 rings (SSSR count). The second-order valence-corrected chi connectivity index (χ2v) is 5.17. The molecule has 1 N–H and O–H groups in total. The fraction of sp³-hybridized carbons (Fsp3) is 0.846. The minimum absolute atomic E-state index is 0.0468. The Morgan fingerprint density at radius 1 is 1.39 bits per heavy atom. The van der Waals surface area contributed by atoms with Gasteiger partial charge in [0.1, 0.15) is 5.92 Å². The van der Waals surface area contributed by atoms with Crippen LogP contribution in [-0.4, -0.2) is 49.7 Å². The van der Waals surface area contributed by atoms with Crippen LogP contribution < -0.4 is 5.32 Å². The topological polar surface area (TPSA) is 65.4 Å². The minimum Gasteiger partial charge on any atom is -0.379 e. The molecule has 0 aliphatic carbocycles. The number of carbonyl (C=O) groups is 1. The first-order valence-electron chi connectivity index (χ1n) is 6.54. The molecule has 0 saturated carbocycles. The number of carbonyl (C=O) groups excluding carboxylic acids is 1. The highest BCUT2D eigenvalue weighted by Crippen LogP contribution is 2.10. The van der Waals surface area contributed by atoms with Crippen molar-refractivity contribution in [1.29, 1.82) is 5.26 Å². The Labute approximate surface area is 109 Å². The van der Waals surface area contributed by atoms with Crippen LogP contribution in [0.4, 0.5) is 0 Å². The molecule has 2 unspecified atom stereocenters. The largest absolute Gasteiger partial charge is 0.379 e. The molecule has 0 aromatic carbocycles. The summed E-state index contributed by atoms with van der Waals surface area (Å²) in [6, 6.07) is 2.12. The first-order valence-corrected chi connectivity index (χ1v) is 6.54. The summed E-state index contributed by atoms with van der Waals surface area (Å²) in [5.74, 6) is -0.670. The molecule has 0 aromatic rings. The van der Waals surface area contributed by atoms with Crippen LogP contribution in [0.3, 0.4) is 0 Å². The first kappa shape index (κ1) is 14.9. The van der Waals surface area contributed by atoms with E-state index in [0.29, 0.717) is 0 Å². The van der Waals surface area contributed by atoms with Crippen LogP contribution in [0, 0.1) is 23.2 Å². The van der Waals surface area contributed by atoms with Gasteiger partial charge in [0, 0.05) is 25.7 Å². The summed E-state index contributed by atoms with van der Waals surface area (Å²) in [4.78, 5) is 14.2. The van der Waals surface area contributed by atoms with Crippen LogP contribution in [0.2, 0.25) is 0 Å². The SMILES string of the molecule is CC(CN1CCOCC1)NC(=O)C(C#N)C(C)C. The average molecular weight is 253 g/mol. The predicted molar refractivity (Wildman–Crippen MR) is 68.8 cm³/mol. The third-order valence-corrected chi connectivity index (χ3v) is 3.11. The molecule has 1 aliphatic heterocycles. The van der Waals surface area contributed by atoms with Crippen LogP contribution in [0.15, 0.2) is 0 Å². The van der Waals surface area contributed by atoms with E-state index >= 15 is 0 Å². The summed E-state index contributed by atoms with van der Waals surface area (Å²) < 4.78 is 5.28. The van der Waals surface area contributed by atoms with E-state index in [1.807, 2.05) is 20.8 Å². The van der Waals surface area contributed by atoms with Gasteiger partial charge in [-0.2, -0.15) is 5.26 Å². The molecule has 0 spiro atoms. The van der Waals surface area contributed by atoms with Gasteiger partial charge in [0.15, 0.2) is 0 Å². The molecule has 2 atom stereocenters. The van der Waals surface area contributed by atoms with Gasteiger partial charge in [0.05, 0.1) is 19.3 Å². The summed E-state index contributed by atoms with van der Waals surface area (Å²) in [5.41, 5.74) is 0. The molecule has 1 saturated heterocycles. The lowest BCUT2D eigenvalue weighted by molar-refractivity contribution is -0.125. The smallest absolute Gasteiger partial charge is 0.237 e. The maximum Gasteiger partial charge on any atom is 0.237 e. The van der Waals surface area contributed by atoms with Gasteiger partial charge in [-0.3, -0.25) is 9.69 Å². The van der Waals surface area contributed by atoms with E-state index < -0.39 is 5.92 Å². The Hall–Kier alpha value is -1.12. The predicted octanol–water partition coefficient (Wildman–Crippen LogP) is 0.619. The van der Waals surface area contributed by atoms with Crippen molar-refractivity contribution in [2.24, 2.45) is 11.8 Å². The minimum atomic E-state index is -0.558. The van der Waals surface area contributed by atoms with Crippen molar-refractivity contribution in [2.45, 2.75) is 26.8 Å². The van der Waals surface area contributed by atoms with Crippen molar-refractivity contribution in [1.82, 2.24) is 10.2 Å². The molecule has 1 amide bonds. The first-order chi connectivity index (χ1) is 8.54. The van der Waals surface area contributed by atoms with E-state index in [9.17, 15) is 4.79 Å². The number of morpholine rings is 1. The highest BCUT2D eigenvalue weighted by atomic mass is 16.5. The van der Waals surface area contributed by atoms with Gasteiger partial charge in [-0.1, -0.05) is 13.8 Å². The molecule has 0 radical (unpaired) electrons. The molecular weight excluding hydrogens is 230 g/mol. The highest BCUT2D eigenvalue weighted by Gasteiger charge is 2.23. The molecule has 1 aliphatic rings. The summed E-state index contributed by atoms with van der Waals surface area (Å²) in [5, 5.41) is 11.9. The van der Waals surface area contributed by atoms with Crippen LogP contribution in [0.1, 0.15) is 20.8 Å². The number of nitriles is 1. The van der Waals surface area contributed by atoms with Crippen molar-refractivity contribution in [2.75, 3.05) is 32.8 Å². The van der Waals surface area contributed by atoms with Gasteiger partial charge in [-0.15, -0.1) is 0 Å². The Bertz CT molecular complexity index is 306. The summed E-state index contributed by atoms with van der Waals surface area (Å²) in [6.07, 6.45) is 0. The number of hydrogen-bond donors (Lipinski definition) is 1. The Kier molecular flexibility index (Phi) is 6.10. The molecule has 5 nitrogen and oxygen atoms in total. The zero-order valence-corrected chi connectivity index (χ0v) is 11.5. The molecule has 102 valence electrons. The van der Waals surface area contributed by atoms with Gasteiger partial charge in [-0.25, -0.2) is 0 Å². The van der Waals surface area contributed by atoms with Gasteiger partial charge < -0.3 is 10.1 Å². The second-order valence-electron chi connectivity index (χ2n) is 5.17. The van der Waals surface area contributed by atoms with Crippen LogP contribution in [-0.2, 0) is 9.53 Å². The maximum absolute atomic E-state index is 11.9. The standard InChI is InChI=1S/C13H23N3O2/c1-10(2)12(8-14)13(17)15-11(3)9-16-4-6-18-7-5-16/h10-12H,4-7,9H2,1-3H3,(H,15,17). The Morgan fingerprint density at radius 3 is 2.50 bits per heavy atom. The van der Waals surface area contributed by atoms with Gasteiger partial charge in [-0.05, 0) is 12.8 Å². The number of nitrogens with zero attached hydrogens (tertiary/aromatic N) is 2. The third kappa shape index (κ3) is 4.63. The van der Waals surface area contributed by atoms with E-state index in [1.54, 1.807) is 0 Å². The van der Waals surface area contributed by atoms with Crippen molar-refractivity contribution >= 4 is 5.91 Å².